The molecule has 2 heterocycles. The molecular formula is C25H26F2N4O2S. The fraction of sp³-hybridized carbons (Fsp3) is 0.400. The van der Waals surface area contributed by atoms with Crippen molar-refractivity contribution in [1.82, 2.24) is 19.5 Å². The molecule has 9 heteroatoms. The van der Waals surface area contributed by atoms with Crippen molar-refractivity contribution in [3.63, 3.8) is 0 Å². The lowest BCUT2D eigenvalue weighted by atomic mass is 9.68. The number of hydrogen-bond donors (Lipinski definition) is 0. The second kappa shape index (κ2) is 7.88. The van der Waals surface area contributed by atoms with E-state index in [-0.39, 0.29) is 34.0 Å². The molecule has 1 aromatic carbocycles. The summed E-state index contributed by atoms with van der Waals surface area (Å²) in [7, 11) is -3.76. The van der Waals surface area contributed by atoms with E-state index in [0.717, 1.165) is 24.1 Å². The van der Waals surface area contributed by atoms with Gasteiger partial charge in [0.05, 0.1) is 17.0 Å². The molecule has 1 saturated carbocycles. The van der Waals surface area contributed by atoms with E-state index in [1.54, 1.807) is 18.2 Å². The van der Waals surface area contributed by atoms with E-state index >= 15 is 0 Å². The highest BCUT2D eigenvalue weighted by molar-refractivity contribution is 7.89. The Morgan fingerprint density at radius 3 is 2.50 bits per heavy atom. The summed E-state index contributed by atoms with van der Waals surface area (Å²) in [5.74, 6) is -1.29. The minimum Gasteiger partial charge on any atom is -0.263 e. The van der Waals surface area contributed by atoms with Crippen LogP contribution in [0.3, 0.4) is 0 Å². The van der Waals surface area contributed by atoms with Crippen LogP contribution in [0.1, 0.15) is 50.8 Å². The zero-order chi connectivity index (χ0) is 24.3. The van der Waals surface area contributed by atoms with E-state index in [1.807, 2.05) is 6.92 Å². The average Bonchev–Trinajstić information content (AvgIpc) is 3.17. The first-order valence-corrected chi connectivity index (χ1v) is 12.8. The third kappa shape index (κ3) is 3.13. The van der Waals surface area contributed by atoms with Gasteiger partial charge in [0, 0.05) is 30.9 Å². The fourth-order valence-corrected chi connectivity index (χ4v) is 7.43. The lowest BCUT2D eigenvalue weighted by Gasteiger charge is -2.41. The Labute approximate surface area is 198 Å². The van der Waals surface area contributed by atoms with Crippen LogP contribution in [0.15, 0.2) is 53.7 Å². The van der Waals surface area contributed by atoms with Gasteiger partial charge >= 0.3 is 0 Å². The summed E-state index contributed by atoms with van der Waals surface area (Å²) < 4.78 is 57.2. The molecule has 0 unspecified atom stereocenters. The molecule has 5 rings (SSSR count). The molecule has 6 nitrogen and oxygen atoms in total. The van der Waals surface area contributed by atoms with Gasteiger partial charge in [-0.25, -0.2) is 17.2 Å². The van der Waals surface area contributed by atoms with Crippen LogP contribution < -0.4 is 0 Å². The Hall–Kier alpha value is -2.78. The lowest BCUT2D eigenvalue weighted by Crippen LogP contribution is -2.48. The Balaban J connectivity index is 1.59. The topological polar surface area (TPSA) is 76.1 Å². The molecule has 178 valence electrons. The maximum Gasteiger partial charge on any atom is 0.244 e. The number of rotatable bonds is 6. The second-order valence-electron chi connectivity index (χ2n) is 9.65. The van der Waals surface area contributed by atoms with Crippen molar-refractivity contribution in [2.45, 2.75) is 49.8 Å². The molecule has 34 heavy (non-hydrogen) atoms. The number of fused-ring (bicyclic) bond motifs is 5. The molecule has 0 aliphatic heterocycles. The van der Waals surface area contributed by atoms with E-state index in [0.29, 0.717) is 6.54 Å². The van der Waals surface area contributed by atoms with Crippen LogP contribution in [0.2, 0.25) is 0 Å². The first kappa shape index (κ1) is 23.0. The van der Waals surface area contributed by atoms with Crippen molar-refractivity contribution >= 4 is 10.0 Å². The van der Waals surface area contributed by atoms with Crippen molar-refractivity contribution in [2.75, 3.05) is 13.1 Å². The molecule has 0 amide bonds. The Morgan fingerprint density at radius 2 is 1.85 bits per heavy atom. The van der Waals surface area contributed by atoms with Crippen LogP contribution in [0.5, 0.6) is 0 Å². The van der Waals surface area contributed by atoms with Gasteiger partial charge in [-0.05, 0) is 60.1 Å². The summed E-state index contributed by atoms with van der Waals surface area (Å²) >= 11 is 0. The van der Waals surface area contributed by atoms with Crippen LogP contribution in [-0.2, 0) is 15.4 Å². The Morgan fingerprint density at radius 1 is 1.12 bits per heavy atom. The van der Waals surface area contributed by atoms with Crippen molar-refractivity contribution in [3.8, 4) is 11.3 Å². The minimum atomic E-state index is -3.76. The highest BCUT2D eigenvalue weighted by Gasteiger charge is 2.64. The fourth-order valence-electron chi connectivity index (χ4n) is 5.96. The maximum atomic E-state index is 14.4. The van der Waals surface area contributed by atoms with Gasteiger partial charge < -0.3 is 0 Å². The molecule has 3 aromatic rings. The summed E-state index contributed by atoms with van der Waals surface area (Å²) in [6, 6.07) is 8.61. The van der Waals surface area contributed by atoms with E-state index in [9.17, 15) is 17.2 Å². The summed E-state index contributed by atoms with van der Waals surface area (Å²) in [5, 5.41) is 8.71. The van der Waals surface area contributed by atoms with Gasteiger partial charge in [0.25, 0.3) is 0 Å². The third-order valence-electron chi connectivity index (χ3n) is 7.91. The molecule has 0 radical (unpaired) electrons. The summed E-state index contributed by atoms with van der Waals surface area (Å²) in [5.41, 5.74) is 0.726. The number of sulfonamides is 1. The van der Waals surface area contributed by atoms with Crippen LogP contribution in [0.25, 0.3) is 11.3 Å². The van der Waals surface area contributed by atoms with Gasteiger partial charge in [-0.15, -0.1) is 0 Å². The molecule has 2 aliphatic carbocycles. The predicted octanol–water partition coefficient (Wildman–Crippen LogP) is 4.68. The summed E-state index contributed by atoms with van der Waals surface area (Å²) in [6.45, 7) is 6.61. The average molecular weight is 485 g/mol. The Kier molecular flexibility index (Phi) is 5.33. The van der Waals surface area contributed by atoms with Gasteiger partial charge in [0.2, 0.25) is 10.0 Å². The highest BCUT2D eigenvalue weighted by Crippen LogP contribution is 2.67. The minimum absolute atomic E-state index is 0.0892. The molecule has 1 fully saturated rings. The number of aromatic nitrogens is 3. The van der Waals surface area contributed by atoms with E-state index in [1.165, 1.54) is 34.9 Å². The number of benzene rings is 1. The summed E-state index contributed by atoms with van der Waals surface area (Å²) in [6.07, 6.45) is 4.50. The molecule has 2 aromatic heterocycles. The smallest absolute Gasteiger partial charge is 0.244 e. The molecule has 0 spiro atoms. The maximum absolute atomic E-state index is 14.4. The zero-order valence-corrected chi connectivity index (χ0v) is 20.1. The van der Waals surface area contributed by atoms with E-state index in [4.69, 9.17) is 0 Å². The van der Waals surface area contributed by atoms with Gasteiger partial charge in [0.1, 0.15) is 16.5 Å². The SMILES string of the molecule is CCN(C[C@@]12CC[C@@H](c3cc(-c4c(F)cccc4F)nnc31)C2(C)C)S(=O)(=O)c1cccnc1. The lowest BCUT2D eigenvalue weighted by molar-refractivity contribution is 0.169. The van der Waals surface area contributed by atoms with E-state index < -0.39 is 27.1 Å². The van der Waals surface area contributed by atoms with Crippen molar-refractivity contribution in [3.05, 3.63) is 71.7 Å². The number of likely N-dealkylation sites (N-methyl/N-ethyl adjacent to an activating group) is 1. The molecule has 2 aliphatic rings. The van der Waals surface area contributed by atoms with Crippen LogP contribution >= 0.6 is 0 Å². The van der Waals surface area contributed by atoms with Gasteiger partial charge in [-0.2, -0.15) is 14.5 Å². The largest absolute Gasteiger partial charge is 0.263 e. The molecule has 2 bridgehead atoms. The van der Waals surface area contributed by atoms with Crippen molar-refractivity contribution in [2.24, 2.45) is 5.41 Å². The second-order valence-corrected chi connectivity index (χ2v) is 11.6. The normalized spacial score (nSPS) is 22.8. The quantitative estimate of drug-likeness (QED) is 0.508. The van der Waals surface area contributed by atoms with E-state index in [2.05, 4.69) is 29.0 Å². The third-order valence-corrected chi connectivity index (χ3v) is 9.81. The number of hydrogen-bond acceptors (Lipinski definition) is 5. The molecule has 2 atom stereocenters. The molecular weight excluding hydrogens is 458 g/mol. The van der Waals surface area contributed by atoms with Gasteiger partial charge in [-0.3, -0.25) is 4.98 Å². The van der Waals surface area contributed by atoms with Crippen molar-refractivity contribution < 1.29 is 17.2 Å². The Bertz CT molecular complexity index is 1340. The number of pyridine rings is 1. The molecule has 0 N–H and O–H groups in total. The number of halogens is 2. The van der Waals surface area contributed by atoms with Gasteiger partial charge in [-0.1, -0.05) is 26.8 Å². The molecule has 0 saturated heterocycles. The van der Waals surface area contributed by atoms with Crippen LogP contribution in [0.4, 0.5) is 8.78 Å². The summed E-state index contributed by atoms with van der Waals surface area (Å²) in [4.78, 5) is 4.12. The highest BCUT2D eigenvalue weighted by atomic mass is 32.2. The zero-order valence-electron chi connectivity index (χ0n) is 19.3. The standard InChI is InChI=1S/C25H26F2N4O2S/c1-4-31(34(32,33)16-7-6-12-28-14-16)15-25-11-10-18(24(25,2)3)17-13-21(29-30-23(17)25)22-19(26)8-5-9-20(22)27/h5-9,12-14,18H,4,10-11,15H2,1-3H3/t18-,25-/m0/s1. The first-order valence-electron chi connectivity index (χ1n) is 11.4. The monoisotopic (exact) mass is 484 g/mol. The number of nitrogens with zero attached hydrogens (tertiary/aromatic N) is 4. The van der Waals surface area contributed by atoms with Crippen LogP contribution in [0, 0.1) is 17.0 Å². The first-order chi connectivity index (χ1) is 16.1. The van der Waals surface area contributed by atoms with Crippen LogP contribution in [-0.4, -0.2) is 41.0 Å². The van der Waals surface area contributed by atoms with Gasteiger partial charge in [0.15, 0.2) is 0 Å². The van der Waals surface area contributed by atoms with Crippen molar-refractivity contribution in [1.29, 1.82) is 0 Å². The predicted molar refractivity (Wildman–Crippen MR) is 123 cm³/mol.